The van der Waals surface area contributed by atoms with Crippen LogP contribution in [0.2, 0.25) is 0 Å². The summed E-state index contributed by atoms with van der Waals surface area (Å²) in [4.78, 5) is 1.26. The Kier molecular flexibility index (Phi) is 4.17. The number of fused-ring (bicyclic) bond motifs is 1. The van der Waals surface area contributed by atoms with Crippen LogP contribution in [-0.2, 0) is 0 Å². The quantitative estimate of drug-likeness (QED) is 0.753. The number of benzene rings is 2. The molecule has 122 valence electrons. The van der Waals surface area contributed by atoms with Gasteiger partial charge in [-0.15, -0.1) is 5.10 Å². The maximum absolute atomic E-state index is 4.54. The monoisotopic (exact) mass is 335 g/mol. The van der Waals surface area contributed by atoms with Crippen molar-refractivity contribution in [2.45, 2.75) is 31.8 Å². The summed E-state index contributed by atoms with van der Waals surface area (Å²) in [6.07, 6.45) is 0. The minimum atomic E-state index is 0.154. The molecule has 0 saturated carbocycles. The van der Waals surface area contributed by atoms with Crippen molar-refractivity contribution in [3.63, 3.8) is 0 Å². The zero-order valence-corrected chi connectivity index (χ0v) is 14.7. The standard InChI is InChI=1S/C20H21N3S/c1-13(2)16-17(14-9-5-3-6-10-14)21-18(15-11-7-4-8-12-15)20-19(16)22-23-24-20/h3-13,16-18,21H,1-2H3. The van der Waals surface area contributed by atoms with Gasteiger partial charge in [0.15, 0.2) is 0 Å². The predicted octanol–water partition coefficient (Wildman–Crippen LogP) is 4.71. The van der Waals surface area contributed by atoms with Crippen molar-refractivity contribution in [3.05, 3.63) is 82.4 Å². The van der Waals surface area contributed by atoms with Crippen LogP contribution in [0.5, 0.6) is 0 Å². The minimum absolute atomic E-state index is 0.154. The molecule has 3 nitrogen and oxygen atoms in total. The van der Waals surface area contributed by atoms with Gasteiger partial charge in [-0.2, -0.15) is 0 Å². The Labute approximate surface area is 146 Å². The number of hydrogen-bond acceptors (Lipinski definition) is 4. The highest BCUT2D eigenvalue weighted by Crippen LogP contribution is 2.46. The van der Waals surface area contributed by atoms with Gasteiger partial charge in [-0.3, -0.25) is 5.32 Å². The molecule has 0 fully saturated rings. The molecule has 0 radical (unpaired) electrons. The van der Waals surface area contributed by atoms with Crippen molar-refractivity contribution in [2.24, 2.45) is 5.92 Å². The van der Waals surface area contributed by atoms with Crippen LogP contribution in [0.3, 0.4) is 0 Å². The van der Waals surface area contributed by atoms with Crippen LogP contribution in [0, 0.1) is 5.92 Å². The fraction of sp³-hybridized carbons (Fsp3) is 0.300. The summed E-state index contributed by atoms with van der Waals surface area (Å²) >= 11 is 1.52. The van der Waals surface area contributed by atoms with E-state index in [-0.39, 0.29) is 12.1 Å². The Hall–Kier alpha value is -2.04. The van der Waals surface area contributed by atoms with Crippen LogP contribution in [-0.4, -0.2) is 9.59 Å². The van der Waals surface area contributed by atoms with E-state index in [0.717, 1.165) is 5.69 Å². The number of nitrogens with one attached hydrogen (secondary N) is 1. The molecule has 2 heterocycles. The molecule has 0 spiro atoms. The Morgan fingerprint density at radius 3 is 2.17 bits per heavy atom. The third-order valence-electron chi connectivity index (χ3n) is 4.83. The van der Waals surface area contributed by atoms with Crippen molar-refractivity contribution < 1.29 is 0 Å². The van der Waals surface area contributed by atoms with Crippen LogP contribution in [0.4, 0.5) is 0 Å². The lowest BCUT2D eigenvalue weighted by Crippen LogP contribution is -2.38. The van der Waals surface area contributed by atoms with Gasteiger partial charge >= 0.3 is 0 Å². The second kappa shape index (κ2) is 6.46. The molecular formula is C20H21N3S. The lowest BCUT2D eigenvalue weighted by Gasteiger charge is -2.38. The van der Waals surface area contributed by atoms with Gasteiger partial charge < -0.3 is 0 Å². The van der Waals surface area contributed by atoms with E-state index in [2.05, 4.69) is 89.4 Å². The van der Waals surface area contributed by atoms with Crippen molar-refractivity contribution in [1.82, 2.24) is 14.9 Å². The predicted molar refractivity (Wildman–Crippen MR) is 98.1 cm³/mol. The topological polar surface area (TPSA) is 37.8 Å². The number of aromatic nitrogens is 2. The van der Waals surface area contributed by atoms with Gasteiger partial charge in [0.05, 0.1) is 16.6 Å². The summed E-state index contributed by atoms with van der Waals surface area (Å²) < 4.78 is 4.29. The van der Waals surface area contributed by atoms with Crippen molar-refractivity contribution in [3.8, 4) is 0 Å². The van der Waals surface area contributed by atoms with Crippen molar-refractivity contribution >= 4 is 11.5 Å². The summed E-state index contributed by atoms with van der Waals surface area (Å²) in [7, 11) is 0. The van der Waals surface area contributed by atoms with E-state index < -0.39 is 0 Å². The van der Waals surface area contributed by atoms with E-state index in [1.54, 1.807) is 0 Å². The Morgan fingerprint density at radius 2 is 1.54 bits per heavy atom. The van der Waals surface area contributed by atoms with Gasteiger partial charge in [0.1, 0.15) is 0 Å². The van der Waals surface area contributed by atoms with E-state index in [1.165, 1.54) is 27.5 Å². The fourth-order valence-electron chi connectivity index (χ4n) is 3.71. The van der Waals surface area contributed by atoms with E-state index in [0.29, 0.717) is 11.8 Å². The Balaban J connectivity index is 1.83. The highest BCUT2D eigenvalue weighted by molar-refractivity contribution is 7.05. The fourth-order valence-corrected chi connectivity index (χ4v) is 4.51. The highest BCUT2D eigenvalue weighted by Gasteiger charge is 2.40. The first-order valence-electron chi connectivity index (χ1n) is 8.44. The van der Waals surface area contributed by atoms with E-state index in [1.807, 2.05) is 0 Å². The molecule has 0 aliphatic carbocycles. The lowest BCUT2D eigenvalue weighted by atomic mass is 9.77. The highest BCUT2D eigenvalue weighted by atomic mass is 32.1. The third kappa shape index (κ3) is 2.66. The van der Waals surface area contributed by atoms with Crippen LogP contribution >= 0.6 is 11.5 Å². The van der Waals surface area contributed by atoms with Crippen LogP contribution in [0.15, 0.2) is 60.7 Å². The SMILES string of the molecule is CC(C)C1c2nnsc2C(c2ccccc2)NC1c1ccccc1. The molecule has 3 unspecified atom stereocenters. The minimum Gasteiger partial charge on any atom is -0.298 e. The number of rotatable bonds is 3. The molecule has 4 heteroatoms. The zero-order chi connectivity index (χ0) is 16.5. The smallest absolute Gasteiger partial charge is 0.0859 e. The third-order valence-corrected chi connectivity index (χ3v) is 5.64. The summed E-state index contributed by atoms with van der Waals surface area (Å²) in [5, 5.41) is 8.43. The van der Waals surface area contributed by atoms with Gasteiger partial charge in [-0.1, -0.05) is 79.0 Å². The maximum atomic E-state index is 4.54. The van der Waals surface area contributed by atoms with Gasteiger partial charge in [0, 0.05) is 12.0 Å². The Bertz CT molecular complexity index is 798. The second-order valence-corrected chi connectivity index (χ2v) is 7.48. The summed E-state index contributed by atoms with van der Waals surface area (Å²) in [6, 6.07) is 21.7. The molecule has 24 heavy (non-hydrogen) atoms. The summed E-state index contributed by atoms with van der Waals surface area (Å²) in [5.74, 6) is 0.822. The average molecular weight is 335 g/mol. The average Bonchev–Trinajstić information content (AvgIpc) is 3.11. The number of nitrogens with zero attached hydrogens (tertiary/aromatic N) is 2. The van der Waals surface area contributed by atoms with Gasteiger partial charge in [-0.25, -0.2) is 0 Å². The Morgan fingerprint density at radius 1 is 0.917 bits per heavy atom. The molecule has 2 aromatic carbocycles. The first kappa shape index (κ1) is 15.5. The zero-order valence-electron chi connectivity index (χ0n) is 13.9. The summed E-state index contributed by atoms with van der Waals surface area (Å²) in [6.45, 7) is 4.54. The molecule has 1 aliphatic heterocycles. The first-order valence-corrected chi connectivity index (χ1v) is 9.21. The van der Waals surface area contributed by atoms with Gasteiger partial charge in [0.25, 0.3) is 0 Å². The van der Waals surface area contributed by atoms with Gasteiger partial charge in [0.2, 0.25) is 0 Å². The van der Waals surface area contributed by atoms with Gasteiger partial charge in [-0.05, 0) is 28.6 Å². The molecular weight excluding hydrogens is 314 g/mol. The largest absolute Gasteiger partial charge is 0.298 e. The number of hydrogen-bond donors (Lipinski definition) is 1. The maximum Gasteiger partial charge on any atom is 0.0859 e. The molecule has 0 saturated heterocycles. The molecule has 1 aromatic heterocycles. The lowest BCUT2D eigenvalue weighted by molar-refractivity contribution is 0.316. The molecule has 1 N–H and O–H groups in total. The summed E-state index contributed by atoms with van der Waals surface area (Å²) in [5.41, 5.74) is 3.75. The first-order chi connectivity index (χ1) is 11.8. The van der Waals surface area contributed by atoms with Crippen LogP contribution < -0.4 is 5.32 Å². The van der Waals surface area contributed by atoms with Crippen LogP contribution in [0.1, 0.15) is 53.5 Å². The molecule has 3 aromatic rings. The molecule has 1 aliphatic rings. The van der Waals surface area contributed by atoms with E-state index in [4.69, 9.17) is 0 Å². The molecule has 4 rings (SSSR count). The van der Waals surface area contributed by atoms with Crippen molar-refractivity contribution in [2.75, 3.05) is 0 Å². The van der Waals surface area contributed by atoms with E-state index >= 15 is 0 Å². The molecule has 0 bridgehead atoms. The molecule has 0 amide bonds. The normalized spacial score (nSPS) is 23.2. The second-order valence-electron chi connectivity index (χ2n) is 6.69. The van der Waals surface area contributed by atoms with Crippen LogP contribution in [0.25, 0.3) is 0 Å². The van der Waals surface area contributed by atoms with Crippen molar-refractivity contribution in [1.29, 1.82) is 0 Å². The molecule has 3 atom stereocenters. The van der Waals surface area contributed by atoms with E-state index in [9.17, 15) is 0 Å².